The van der Waals surface area contributed by atoms with Gasteiger partial charge in [-0.3, -0.25) is 4.79 Å². The van der Waals surface area contributed by atoms with Gasteiger partial charge < -0.3 is 9.47 Å². The van der Waals surface area contributed by atoms with Crippen molar-refractivity contribution < 1.29 is 19.1 Å². The first kappa shape index (κ1) is 18.8. The molecule has 5 heteroatoms. The topological polar surface area (TPSA) is 52.6 Å². The van der Waals surface area contributed by atoms with Crippen LogP contribution in [0, 0.1) is 0 Å². The fourth-order valence-electron chi connectivity index (χ4n) is 1.51. The molecule has 1 aromatic rings. The van der Waals surface area contributed by atoms with Crippen molar-refractivity contribution in [2.75, 3.05) is 19.5 Å². The Kier molecular flexibility index (Phi) is 9.24. The third-order valence-electron chi connectivity index (χ3n) is 2.64. The maximum absolute atomic E-state index is 11.5. The van der Waals surface area contributed by atoms with E-state index in [0.29, 0.717) is 5.75 Å². The summed E-state index contributed by atoms with van der Waals surface area (Å²) in [5.74, 6) is 0.759. The van der Waals surface area contributed by atoms with Crippen molar-refractivity contribution in [2.45, 2.75) is 6.92 Å². The third-order valence-corrected chi connectivity index (χ3v) is 3.43. The molecule has 0 saturated carbocycles. The highest BCUT2D eigenvalue weighted by Gasteiger charge is 2.00. The van der Waals surface area contributed by atoms with Gasteiger partial charge in [-0.25, -0.2) is 4.79 Å². The molecule has 0 fully saturated rings. The van der Waals surface area contributed by atoms with E-state index in [0.717, 1.165) is 23.1 Å². The third kappa shape index (κ3) is 8.68. The van der Waals surface area contributed by atoms with Crippen LogP contribution in [0.15, 0.2) is 54.6 Å². The fraction of sp³-hybridized carbons (Fsp3) is 0.222. The molecule has 4 nitrogen and oxygen atoms in total. The van der Waals surface area contributed by atoms with Crippen LogP contribution in [-0.4, -0.2) is 30.6 Å². The van der Waals surface area contributed by atoms with Crippen molar-refractivity contribution in [1.82, 2.24) is 0 Å². The van der Waals surface area contributed by atoms with Gasteiger partial charge in [-0.15, -0.1) is 0 Å². The summed E-state index contributed by atoms with van der Waals surface area (Å²) < 4.78 is 10.1. The number of rotatable bonds is 8. The molecule has 0 unspecified atom stereocenters. The van der Waals surface area contributed by atoms with Gasteiger partial charge >= 0.3 is 5.97 Å². The molecule has 0 amide bonds. The molecule has 0 radical (unpaired) electrons. The summed E-state index contributed by atoms with van der Waals surface area (Å²) in [5.41, 5.74) is 0.876. The molecule has 0 aromatic heterocycles. The molecule has 122 valence electrons. The molecule has 0 bridgehead atoms. The molecule has 1 rings (SSSR count). The van der Waals surface area contributed by atoms with Crippen molar-refractivity contribution in [3.8, 4) is 5.75 Å². The summed E-state index contributed by atoms with van der Waals surface area (Å²) in [7, 11) is 1.60. The van der Waals surface area contributed by atoms with Gasteiger partial charge in [0.2, 0.25) is 5.12 Å². The zero-order valence-corrected chi connectivity index (χ0v) is 14.0. The minimum atomic E-state index is -0.432. The average Bonchev–Trinajstić information content (AvgIpc) is 2.57. The monoisotopic (exact) mass is 332 g/mol. The van der Waals surface area contributed by atoms with Crippen molar-refractivity contribution in [1.29, 1.82) is 0 Å². The molecule has 0 aliphatic rings. The Hall–Kier alpha value is -2.27. The van der Waals surface area contributed by atoms with E-state index in [1.165, 1.54) is 12.2 Å². The molecule has 0 saturated heterocycles. The summed E-state index contributed by atoms with van der Waals surface area (Å²) in [6.45, 7) is 2.07. The Labute approximate surface area is 140 Å². The van der Waals surface area contributed by atoms with E-state index in [-0.39, 0.29) is 11.7 Å². The minimum absolute atomic E-state index is 0.0621. The average molecular weight is 332 g/mol. The number of carbonyl (C=O) groups excluding carboxylic acids is 2. The Morgan fingerprint density at radius 1 is 1.13 bits per heavy atom. The number of benzene rings is 1. The highest BCUT2D eigenvalue weighted by Crippen LogP contribution is 2.12. The smallest absolute Gasteiger partial charge is 0.330 e. The quantitative estimate of drug-likeness (QED) is 0.315. The zero-order chi connectivity index (χ0) is 16.9. The highest BCUT2D eigenvalue weighted by atomic mass is 32.2. The summed E-state index contributed by atoms with van der Waals surface area (Å²) in [6, 6.07) is 7.31. The van der Waals surface area contributed by atoms with Gasteiger partial charge in [-0.05, 0) is 36.8 Å². The number of allylic oxidation sites excluding steroid dienone is 3. The maximum atomic E-state index is 11.5. The number of ether oxygens (including phenoxy) is 2. The number of thioether (sulfide) groups is 1. The summed E-state index contributed by atoms with van der Waals surface area (Å²) in [5, 5.41) is -0.0621. The van der Waals surface area contributed by atoms with E-state index in [2.05, 4.69) is 0 Å². The maximum Gasteiger partial charge on any atom is 0.330 e. The SMILES string of the molecule is CC=CC=CC(=O)SCCOC(=O)C=Cc1ccc(OC)cc1. The molecule has 0 atom stereocenters. The van der Waals surface area contributed by atoms with Crippen LogP contribution in [0.4, 0.5) is 0 Å². The van der Waals surface area contributed by atoms with Gasteiger partial charge in [-0.1, -0.05) is 42.1 Å². The number of hydrogen-bond acceptors (Lipinski definition) is 5. The second-order valence-corrected chi connectivity index (χ2v) is 5.43. The van der Waals surface area contributed by atoms with Gasteiger partial charge in [0.25, 0.3) is 0 Å². The fourth-order valence-corrected chi connectivity index (χ4v) is 2.05. The highest BCUT2D eigenvalue weighted by molar-refractivity contribution is 8.14. The first-order chi connectivity index (χ1) is 11.2. The van der Waals surface area contributed by atoms with Crippen LogP contribution >= 0.6 is 11.8 Å². The predicted molar refractivity (Wildman–Crippen MR) is 94.4 cm³/mol. The van der Waals surface area contributed by atoms with Crippen LogP contribution in [0.2, 0.25) is 0 Å². The van der Waals surface area contributed by atoms with Gasteiger partial charge in [-0.2, -0.15) is 0 Å². The Morgan fingerprint density at radius 2 is 1.87 bits per heavy atom. The first-order valence-electron chi connectivity index (χ1n) is 7.10. The summed E-state index contributed by atoms with van der Waals surface area (Å²) in [6.07, 6.45) is 9.81. The molecule has 1 aromatic carbocycles. The first-order valence-corrected chi connectivity index (χ1v) is 8.09. The Balaban J connectivity index is 2.25. The van der Waals surface area contributed by atoms with Gasteiger partial charge in [0.05, 0.1) is 7.11 Å². The van der Waals surface area contributed by atoms with Gasteiger partial charge in [0.15, 0.2) is 0 Å². The predicted octanol–water partition coefficient (Wildman–Crippen LogP) is 3.64. The lowest BCUT2D eigenvalue weighted by atomic mass is 10.2. The second kappa shape index (κ2) is 11.3. The molecule has 0 heterocycles. The van der Waals surface area contributed by atoms with E-state index >= 15 is 0 Å². The van der Waals surface area contributed by atoms with Crippen LogP contribution in [-0.2, 0) is 14.3 Å². The van der Waals surface area contributed by atoms with Crippen LogP contribution in [0.25, 0.3) is 6.08 Å². The molecule has 0 spiro atoms. The number of esters is 1. The largest absolute Gasteiger partial charge is 0.497 e. The normalized spacial score (nSPS) is 11.4. The number of carbonyl (C=O) groups is 2. The molecule has 0 aliphatic carbocycles. The lowest BCUT2D eigenvalue weighted by Gasteiger charge is -2.01. The molecule has 0 N–H and O–H groups in total. The molecule has 0 aliphatic heterocycles. The van der Waals surface area contributed by atoms with Crippen LogP contribution in [0.5, 0.6) is 5.75 Å². The van der Waals surface area contributed by atoms with Crippen molar-refractivity contribution in [3.63, 3.8) is 0 Å². The van der Waals surface area contributed by atoms with Gasteiger partial charge in [0, 0.05) is 11.8 Å². The van der Waals surface area contributed by atoms with E-state index < -0.39 is 5.97 Å². The second-order valence-electron chi connectivity index (χ2n) is 4.33. The molecule has 23 heavy (non-hydrogen) atoms. The Bertz CT molecular complexity index is 586. The Morgan fingerprint density at radius 3 is 2.52 bits per heavy atom. The summed E-state index contributed by atoms with van der Waals surface area (Å²) in [4.78, 5) is 22.9. The van der Waals surface area contributed by atoms with Crippen molar-refractivity contribution in [2.24, 2.45) is 0 Å². The number of methoxy groups -OCH3 is 1. The van der Waals surface area contributed by atoms with E-state index in [1.807, 2.05) is 37.3 Å². The van der Waals surface area contributed by atoms with Crippen LogP contribution < -0.4 is 4.74 Å². The zero-order valence-electron chi connectivity index (χ0n) is 13.2. The van der Waals surface area contributed by atoms with Gasteiger partial charge in [0.1, 0.15) is 12.4 Å². The summed E-state index contributed by atoms with van der Waals surface area (Å²) >= 11 is 1.11. The number of hydrogen-bond donors (Lipinski definition) is 0. The lowest BCUT2D eigenvalue weighted by molar-refractivity contribution is -0.137. The van der Waals surface area contributed by atoms with E-state index in [1.54, 1.807) is 25.3 Å². The molecular weight excluding hydrogens is 312 g/mol. The molecular formula is C18H20O4S. The van der Waals surface area contributed by atoms with E-state index in [9.17, 15) is 9.59 Å². The van der Waals surface area contributed by atoms with Crippen LogP contribution in [0.1, 0.15) is 12.5 Å². The van der Waals surface area contributed by atoms with Crippen molar-refractivity contribution >= 4 is 28.9 Å². The van der Waals surface area contributed by atoms with Crippen molar-refractivity contribution in [3.05, 3.63) is 60.2 Å². The van der Waals surface area contributed by atoms with E-state index in [4.69, 9.17) is 9.47 Å². The minimum Gasteiger partial charge on any atom is -0.497 e. The lowest BCUT2D eigenvalue weighted by Crippen LogP contribution is -2.05. The van der Waals surface area contributed by atoms with Crippen LogP contribution in [0.3, 0.4) is 0 Å². The standard InChI is InChI=1S/C18H20O4S/c1-3-4-5-6-18(20)23-14-13-22-17(19)12-9-15-7-10-16(21-2)11-8-15/h3-12H,13-14H2,1-2H3.